The number of aromatic amines is 1. The molecule has 0 atom stereocenters. The van der Waals surface area contributed by atoms with Crippen LogP contribution in [-0.4, -0.2) is 23.2 Å². The molecule has 1 aromatic heterocycles. The van der Waals surface area contributed by atoms with Crippen molar-refractivity contribution in [3.63, 3.8) is 0 Å². The van der Waals surface area contributed by atoms with E-state index >= 15 is 0 Å². The smallest absolute Gasteiger partial charge is 0.294 e. The summed E-state index contributed by atoms with van der Waals surface area (Å²) in [5.41, 5.74) is 5.44. The highest BCUT2D eigenvalue weighted by atomic mass is 35.5. The van der Waals surface area contributed by atoms with Gasteiger partial charge in [0.2, 0.25) is 0 Å². The number of H-pyrrole nitrogens is 1. The molecule has 1 heterocycles. The monoisotopic (exact) mass is 358 g/mol. The number of benzene rings is 2. The lowest BCUT2D eigenvalue weighted by Crippen LogP contribution is -1.96. The van der Waals surface area contributed by atoms with Gasteiger partial charge in [-0.1, -0.05) is 23.7 Å². The Morgan fingerprint density at radius 3 is 2.84 bits per heavy atom. The van der Waals surface area contributed by atoms with E-state index in [-0.39, 0.29) is 5.69 Å². The molecule has 0 aliphatic rings. The molecule has 3 rings (SSSR count). The number of nitro benzene ring substituents is 1. The minimum atomic E-state index is -0.468. The number of para-hydroxylation sites is 2. The maximum absolute atomic E-state index is 11.0. The summed E-state index contributed by atoms with van der Waals surface area (Å²) in [6, 6.07) is 10.1. The van der Waals surface area contributed by atoms with Crippen molar-refractivity contribution < 1.29 is 9.66 Å². The molecule has 128 valence electrons. The predicted molar refractivity (Wildman–Crippen MR) is 98.9 cm³/mol. The van der Waals surface area contributed by atoms with Crippen molar-refractivity contribution in [2.45, 2.75) is 6.92 Å². The summed E-state index contributed by atoms with van der Waals surface area (Å²) in [5.74, 6) is 0.740. The van der Waals surface area contributed by atoms with E-state index in [2.05, 4.69) is 15.5 Å². The molecule has 0 aliphatic heterocycles. The van der Waals surface area contributed by atoms with Crippen molar-refractivity contribution in [2.75, 3.05) is 12.5 Å². The van der Waals surface area contributed by atoms with Gasteiger partial charge < -0.3 is 9.72 Å². The van der Waals surface area contributed by atoms with E-state index in [0.717, 1.165) is 22.2 Å². The molecule has 0 spiro atoms. The van der Waals surface area contributed by atoms with Crippen molar-refractivity contribution in [1.29, 1.82) is 0 Å². The lowest BCUT2D eigenvalue weighted by Gasteiger charge is -2.04. The number of nitro groups is 1. The fourth-order valence-corrected chi connectivity index (χ4v) is 2.81. The molecule has 25 heavy (non-hydrogen) atoms. The Balaban J connectivity index is 1.94. The number of ether oxygens (including phenoxy) is 1. The average molecular weight is 359 g/mol. The molecule has 0 bridgehead atoms. The zero-order valence-electron chi connectivity index (χ0n) is 13.5. The van der Waals surface area contributed by atoms with Crippen LogP contribution in [0.3, 0.4) is 0 Å². The highest BCUT2D eigenvalue weighted by Crippen LogP contribution is 2.31. The zero-order chi connectivity index (χ0) is 18.0. The number of aromatic nitrogens is 1. The van der Waals surface area contributed by atoms with Gasteiger partial charge in [-0.2, -0.15) is 5.10 Å². The van der Waals surface area contributed by atoms with E-state index in [0.29, 0.717) is 16.4 Å². The summed E-state index contributed by atoms with van der Waals surface area (Å²) in [6.45, 7) is 1.94. The van der Waals surface area contributed by atoms with Crippen LogP contribution in [0.25, 0.3) is 10.9 Å². The van der Waals surface area contributed by atoms with Gasteiger partial charge in [0, 0.05) is 22.5 Å². The molecule has 0 unspecified atom stereocenters. The highest BCUT2D eigenvalue weighted by molar-refractivity contribution is 6.34. The predicted octanol–water partition coefficient (Wildman–Crippen LogP) is 4.49. The maximum atomic E-state index is 11.0. The molecule has 8 heteroatoms. The van der Waals surface area contributed by atoms with Gasteiger partial charge in [-0.15, -0.1) is 0 Å². The fourth-order valence-electron chi connectivity index (χ4n) is 2.56. The molecule has 2 aromatic carbocycles. The van der Waals surface area contributed by atoms with Gasteiger partial charge in [0.1, 0.15) is 16.6 Å². The number of fused-ring (bicyclic) bond motifs is 1. The standard InChI is InChI=1S/C17H15ClN4O3/c1-10-7-14-11(8-16(10)25-2)12(17(18)20-14)9-19-21-13-5-3-4-6-15(13)22(23)24/h3-9,20-21H,1-2H3. The second-order valence-electron chi connectivity index (χ2n) is 5.36. The Labute approximate surface area is 148 Å². The molecule has 7 nitrogen and oxygen atoms in total. The van der Waals surface area contributed by atoms with Crippen LogP contribution in [0.1, 0.15) is 11.1 Å². The van der Waals surface area contributed by atoms with Crippen molar-refractivity contribution in [3.8, 4) is 5.75 Å². The molecule has 3 aromatic rings. The Morgan fingerprint density at radius 2 is 2.12 bits per heavy atom. The third-order valence-corrected chi connectivity index (χ3v) is 4.08. The summed E-state index contributed by atoms with van der Waals surface area (Å²) in [6.07, 6.45) is 1.52. The first-order chi connectivity index (χ1) is 12.0. The summed E-state index contributed by atoms with van der Waals surface area (Å²) < 4.78 is 5.34. The maximum Gasteiger partial charge on any atom is 0.294 e. The van der Waals surface area contributed by atoms with Crippen LogP contribution in [0, 0.1) is 17.0 Å². The fraction of sp³-hybridized carbons (Fsp3) is 0.118. The summed E-state index contributed by atoms with van der Waals surface area (Å²) in [4.78, 5) is 13.6. The number of nitrogens with zero attached hydrogens (tertiary/aromatic N) is 2. The van der Waals surface area contributed by atoms with Crippen molar-refractivity contribution in [3.05, 3.63) is 62.8 Å². The molecule has 0 saturated heterocycles. The van der Waals surface area contributed by atoms with Gasteiger partial charge in [-0.25, -0.2) is 0 Å². The molecular weight excluding hydrogens is 344 g/mol. The Hall–Kier alpha value is -3.06. The summed E-state index contributed by atoms with van der Waals surface area (Å²) >= 11 is 6.26. The second-order valence-corrected chi connectivity index (χ2v) is 5.74. The van der Waals surface area contributed by atoms with Crippen LogP contribution in [0.5, 0.6) is 5.75 Å². The normalized spacial score (nSPS) is 11.2. The lowest BCUT2D eigenvalue weighted by atomic mass is 10.1. The summed E-state index contributed by atoms with van der Waals surface area (Å²) in [7, 11) is 1.60. The van der Waals surface area contributed by atoms with Gasteiger partial charge in [0.05, 0.1) is 18.2 Å². The number of halogens is 1. The van der Waals surface area contributed by atoms with Gasteiger partial charge in [0.15, 0.2) is 0 Å². The van der Waals surface area contributed by atoms with Gasteiger partial charge in [0.25, 0.3) is 5.69 Å². The second kappa shape index (κ2) is 6.82. The first-order valence-electron chi connectivity index (χ1n) is 7.39. The third kappa shape index (κ3) is 3.27. The molecule has 0 fully saturated rings. The number of hydrazone groups is 1. The number of methoxy groups -OCH3 is 1. The number of hydrogen-bond donors (Lipinski definition) is 2. The minimum absolute atomic E-state index is 0.0537. The summed E-state index contributed by atoms with van der Waals surface area (Å²) in [5, 5.41) is 16.4. The van der Waals surface area contributed by atoms with Crippen LogP contribution in [0.15, 0.2) is 41.5 Å². The van der Waals surface area contributed by atoms with Crippen molar-refractivity contribution >= 4 is 40.1 Å². The number of rotatable bonds is 5. The van der Waals surface area contributed by atoms with E-state index in [9.17, 15) is 10.1 Å². The number of anilines is 1. The number of aryl methyl sites for hydroxylation is 1. The van der Waals surface area contributed by atoms with Crippen LogP contribution >= 0.6 is 11.6 Å². The van der Waals surface area contributed by atoms with Crippen LogP contribution in [-0.2, 0) is 0 Å². The van der Waals surface area contributed by atoms with Crippen LogP contribution in [0.4, 0.5) is 11.4 Å². The lowest BCUT2D eigenvalue weighted by molar-refractivity contribution is -0.384. The molecule has 2 N–H and O–H groups in total. The molecule has 0 radical (unpaired) electrons. The van der Waals surface area contributed by atoms with E-state index in [1.807, 2.05) is 19.1 Å². The molecular formula is C17H15ClN4O3. The van der Waals surface area contributed by atoms with Crippen LogP contribution < -0.4 is 10.2 Å². The number of hydrogen-bond acceptors (Lipinski definition) is 5. The minimum Gasteiger partial charge on any atom is -0.496 e. The largest absolute Gasteiger partial charge is 0.496 e. The van der Waals surface area contributed by atoms with E-state index in [4.69, 9.17) is 16.3 Å². The van der Waals surface area contributed by atoms with Crippen LogP contribution in [0.2, 0.25) is 5.15 Å². The van der Waals surface area contributed by atoms with Gasteiger partial charge in [-0.05, 0) is 30.7 Å². The quantitative estimate of drug-likeness (QED) is 0.399. The van der Waals surface area contributed by atoms with Crippen molar-refractivity contribution in [2.24, 2.45) is 5.10 Å². The molecule has 0 aliphatic carbocycles. The average Bonchev–Trinajstić information content (AvgIpc) is 2.89. The first-order valence-corrected chi connectivity index (χ1v) is 7.77. The molecule has 0 saturated carbocycles. The Morgan fingerprint density at radius 1 is 1.36 bits per heavy atom. The molecule has 0 amide bonds. The van der Waals surface area contributed by atoms with Gasteiger partial charge in [-0.3, -0.25) is 15.5 Å². The Kier molecular flexibility index (Phi) is 4.58. The Bertz CT molecular complexity index is 981. The van der Waals surface area contributed by atoms with Gasteiger partial charge >= 0.3 is 0 Å². The zero-order valence-corrected chi connectivity index (χ0v) is 14.3. The van der Waals surface area contributed by atoms with E-state index in [1.54, 1.807) is 25.3 Å². The first kappa shape index (κ1) is 16.8. The highest BCUT2D eigenvalue weighted by Gasteiger charge is 2.13. The third-order valence-electron chi connectivity index (χ3n) is 3.79. The number of nitrogens with one attached hydrogen (secondary N) is 2. The SMILES string of the molecule is COc1cc2c(C=NNc3ccccc3[N+](=O)[O-])c(Cl)[nH]c2cc1C. The van der Waals surface area contributed by atoms with Crippen molar-refractivity contribution in [1.82, 2.24) is 4.98 Å². The van der Waals surface area contributed by atoms with E-state index in [1.165, 1.54) is 12.3 Å². The van der Waals surface area contributed by atoms with E-state index < -0.39 is 4.92 Å². The topological polar surface area (TPSA) is 92.5 Å².